The van der Waals surface area contributed by atoms with Gasteiger partial charge >= 0.3 is 23.7 Å². The fraction of sp³-hybridized carbons (Fsp3) is 0.867. The molecule has 3 aliphatic heterocycles. The van der Waals surface area contributed by atoms with E-state index in [0.717, 1.165) is 0 Å². The van der Waals surface area contributed by atoms with Gasteiger partial charge in [0.2, 0.25) is 5.79 Å². The van der Waals surface area contributed by atoms with Crippen molar-refractivity contribution < 1.29 is 74.1 Å². The molecule has 0 amide bonds. The minimum absolute atomic E-state index is 0.864. The molecule has 8 N–H and O–H groups in total. The zero-order valence-electron chi connectivity index (χ0n) is 15.2. The fourth-order valence-corrected chi connectivity index (χ4v) is 3.45. The number of hydrogen-bond donors (Lipinski definition) is 8. The summed E-state index contributed by atoms with van der Waals surface area (Å²) in [5.74, 6) is -12.5. The van der Waals surface area contributed by atoms with Crippen LogP contribution in [0.5, 0.6) is 0 Å². The molecular formula is C15H22O15. The minimum Gasteiger partial charge on any atom is -0.420 e. The van der Waals surface area contributed by atoms with E-state index < -0.39 is 92.4 Å². The van der Waals surface area contributed by atoms with Crippen LogP contribution >= 0.6 is 0 Å². The number of carbonyl (C=O) groups is 2. The lowest BCUT2D eigenvalue weighted by atomic mass is 9.93. The second-order valence-electron chi connectivity index (χ2n) is 7.00. The van der Waals surface area contributed by atoms with Gasteiger partial charge in [-0.2, -0.15) is 0 Å². The van der Waals surface area contributed by atoms with Gasteiger partial charge in [0.1, 0.15) is 43.5 Å². The Kier molecular flexibility index (Phi) is 6.09. The average molecular weight is 442 g/mol. The Bertz CT molecular complexity index is 687. The summed E-state index contributed by atoms with van der Waals surface area (Å²) < 4.78 is 25.1. The Labute approximate surface area is 167 Å². The van der Waals surface area contributed by atoms with Gasteiger partial charge in [0.15, 0.2) is 6.10 Å². The zero-order valence-corrected chi connectivity index (χ0v) is 15.2. The van der Waals surface area contributed by atoms with Crippen molar-refractivity contribution in [2.24, 2.45) is 0 Å². The molecule has 3 aliphatic rings. The first-order valence-electron chi connectivity index (χ1n) is 8.76. The second-order valence-corrected chi connectivity index (χ2v) is 7.00. The topological polar surface area (TPSA) is 242 Å². The van der Waals surface area contributed by atoms with Crippen molar-refractivity contribution >= 4 is 11.9 Å². The Hall–Kier alpha value is -1.50. The van der Waals surface area contributed by atoms with Gasteiger partial charge in [-0.3, -0.25) is 14.3 Å². The molecule has 0 bridgehead atoms. The molecular weight excluding hydrogens is 420 g/mol. The first-order chi connectivity index (χ1) is 14.0. The molecule has 0 aliphatic carbocycles. The quantitative estimate of drug-likeness (QED) is 0.146. The molecule has 15 heteroatoms. The van der Waals surface area contributed by atoms with Crippen molar-refractivity contribution in [3.05, 3.63) is 0 Å². The first kappa shape index (κ1) is 23.2. The van der Waals surface area contributed by atoms with Crippen LogP contribution in [0.2, 0.25) is 0 Å². The molecule has 3 heterocycles. The first-order valence-corrected chi connectivity index (χ1v) is 8.76. The number of aliphatic hydroxyl groups is 8. The molecule has 0 aromatic carbocycles. The van der Waals surface area contributed by atoms with Crippen LogP contribution in [0, 0.1) is 0 Å². The molecule has 9 atom stereocenters. The van der Waals surface area contributed by atoms with Crippen LogP contribution in [-0.4, -0.2) is 127 Å². The van der Waals surface area contributed by atoms with Gasteiger partial charge in [0, 0.05) is 0 Å². The molecule has 0 saturated carbocycles. The summed E-state index contributed by atoms with van der Waals surface area (Å²) in [5.41, 5.74) is 0. The van der Waals surface area contributed by atoms with Gasteiger partial charge in [0.05, 0.1) is 13.2 Å². The molecule has 1 unspecified atom stereocenters. The van der Waals surface area contributed by atoms with Crippen LogP contribution in [-0.2, 0) is 33.3 Å². The van der Waals surface area contributed by atoms with Crippen molar-refractivity contribution in [1.82, 2.24) is 0 Å². The SMILES string of the molecule is O=C1CC(=O)O[C@@]2(O)[C@@H](O)[C@H](O)[C@@H](CO)O[C@]2(OC2(CO)O[C@H](CO)[C@@H](O)[C@@H]2O)O1. The molecule has 172 valence electrons. The molecule has 0 aromatic heterocycles. The summed E-state index contributed by atoms with van der Waals surface area (Å²) in [6, 6.07) is 0. The Morgan fingerprint density at radius 1 is 0.867 bits per heavy atom. The molecule has 15 nitrogen and oxygen atoms in total. The van der Waals surface area contributed by atoms with Gasteiger partial charge in [-0.05, 0) is 0 Å². The van der Waals surface area contributed by atoms with Gasteiger partial charge in [0.25, 0.3) is 0 Å². The molecule has 3 saturated heterocycles. The normalized spacial score (nSPS) is 49.2. The smallest absolute Gasteiger partial charge is 0.405 e. The van der Waals surface area contributed by atoms with E-state index in [4.69, 9.17) is 18.9 Å². The molecule has 0 spiro atoms. The summed E-state index contributed by atoms with van der Waals surface area (Å²) >= 11 is 0. The zero-order chi connectivity index (χ0) is 22.5. The lowest BCUT2D eigenvalue weighted by molar-refractivity contribution is -0.551. The highest BCUT2D eigenvalue weighted by Crippen LogP contribution is 2.47. The summed E-state index contributed by atoms with van der Waals surface area (Å²) in [7, 11) is 0. The van der Waals surface area contributed by atoms with Crippen molar-refractivity contribution in [1.29, 1.82) is 0 Å². The van der Waals surface area contributed by atoms with Crippen LogP contribution in [0.1, 0.15) is 6.42 Å². The van der Waals surface area contributed by atoms with Gasteiger partial charge in [-0.25, -0.2) is 0 Å². The highest BCUT2D eigenvalue weighted by molar-refractivity contribution is 5.92. The van der Waals surface area contributed by atoms with Gasteiger partial charge in [-0.15, -0.1) is 0 Å². The van der Waals surface area contributed by atoms with Crippen LogP contribution < -0.4 is 0 Å². The van der Waals surface area contributed by atoms with Crippen molar-refractivity contribution in [2.75, 3.05) is 19.8 Å². The van der Waals surface area contributed by atoms with Crippen molar-refractivity contribution in [3.8, 4) is 0 Å². The lowest BCUT2D eigenvalue weighted by Gasteiger charge is -2.52. The summed E-state index contributed by atoms with van der Waals surface area (Å²) in [4.78, 5) is 23.9. The van der Waals surface area contributed by atoms with Crippen LogP contribution in [0.4, 0.5) is 0 Å². The molecule has 3 fully saturated rings. The van der Waals surface area contributed by atoms with E-state index in [-0.39, 0.29) is 0 Å². The predicted octanol–water partition coefficient (Wildman–Crippen LogP) is -6.25. The van der Waals surface area contributed by atoms with E-state index in [1.165, 1.54) is 0 Å². The maximum Gasteiger partial charge on any atom is 0.405 e. The number of hydrogen-bond acceptors (Lipinski definition) is 15. The van der Waals surface area contributed by atoms with Crippen LogP contribution in [0.15, 0.2) is 0 Å². The number of carbonyl (C=O) groups excluding carboxylic acids is 2. The maximum atomic E-state index is 12.1. The van der Waals surface area contributed by atoms with E-state index >= 15 is 0 Å². The Morgan fingerprint density at radius 3 is 1.93 bits per heavy atom. The fourth-order valence-electron chi connectivity index (χ4n) is 3.45. The van der Waals surface area contributed by atoms with Gasteiger partial charge < -0.3 is 59.8 Å². The second kappa shape index (κ2) is 7.88. The Balaban J connectivity index is 2.12. The third-order valence-corrected chi connectivity index (χ3v) is 5.05. The molecule has 0 aromatic rings. The lowest BCUT2D eigenvalue weighted by Crippen LogP contribution is -2.77. The number of esters is 2. The average Bonchev–Trinajstić information content (AvgIpc) is 2.87. The third kappa shape index (κ3) is 3.28. The third-order valence-electron chi connectivity index (χ3n) is 5.05. The number of rotatable bonds is 5. The van der Waals surface area contributed by atoms with Crippen molar-refractivity contribution in [2.45, 2.75) is 60.6 Å². The standard InChI is InChI=1S/C15H22O15/c16-2-5-9(21)11(23)13(4-18,26-5)30-15-14(25,28-7(19)1-8(20)29-15)12(24)10(22)6(3-17)27-15/h5-6,9-12,16-18,21-25H,1-4H2/t5-,6-,9-,10-,11+,12+,13?,14+,15+/m1/s1. The number of ether oxygens (including phenoxy) is 5. The van der Waals surface area contributed by atoms with E-state index in [9.17, 15) is 50.4 Å². The molecule has 30 heavy (non-hydrogen) atoms. The monoisotopic (exact) mass is 442 g/mol. The maximum absolute atomic E-state index is 12.1. The minimum atomic E-state index is -3.48. The van der Waals surface area contributed by atoms with E-state index in [1.54, 1.807) is 0 Å². The summed E-state index contributed by atoms with van der Waals surface area (Å²) in [6.07, 6.45) is -13.0. The van der Waals surface area contributed by atoms with Crippen LogP contribution in [0.3, 0.4) is 0 Å². The van der Waals surface area contributed by atoms with E-state index in [1.807, 2.05) is 0 Å². The summed E-state index contributed by atoms with van der Waals surface area (Å²) in [6.45, 7) is -3.18. The Morgan fingerprint density at radius 2 is 1.40 bits per heavy atom. The predicted molar refractivity (Wildman–Crippen MR) is 83.3 cm³/mol. The van der Waals surface area contributed by atoms with Crippen LogP contribution in [0.25, 0.3) is 0 Å². The summed E-state index contributed by atoms with van der Waals surface area (Å²) in [5, 5.41) is 80.2. The number of fused-ring (bicyclic) bond motifs is 1. The highest BCUT2D eigenvalue weighted by atomic mass is 17.0. The van der Waals surface area contributed by atoms with E-state index in [0.29, 0.717) is 0 Å². The molecule has 0 radical (unpaired) electrons. The van der Waals surface area contributed by atoms with E-state index in [2.05, 4.69) is 4.74 Å². The highest BCUT2D eigenvalue weighted by Gasteiger charge is 2.76. The van der Waals surface area contributed by atoms with Gasteiger partial charge in [-0.1, -0.05) is 0 Å². The molecule has 3 rings (SSSR count). The number of aliphatic hydroxyl groups excluding tert-OH is 7. The largest absolute Gasteiger partial charge is 0.420 e. The van der Waals surface area contributed by atoms with Crippen molar-refractivity contribution in [3.63, 3.8) is 0 Å².